The Morgan fingerprint density at radius 2 is 1.81 bits per heavy atom. The van der Waals surface area contributed by atoms with Gasteiger partial charge in [0, 0.05) is 17.7 Å². The van der Waals surface area contributed by atoms with Gasteiger partial charge >= 0.3 is 5.97 Å². The van der Waals surface area contributed by atoms with Crippen LogP contribution in [0.3, 0.4) is 0 Å². The van der Waals surface area contributed by atoms with E-state index in [1.807, 2.05) is 13.8 Å². The number of anilines is 1. The Morgan fingerprint density at radius 3 is 2.45 bits per heavy atom. The van der Waals surface area contributed by atoms with Crippen molar-refractivity contribution in [3.8, 4) is 5.75 Å². The number of aromatic nitrogens is 2. The number of hydrogen-bond donors (Lipinski definition) is 2. The van der Waals surface area contributed by atoms with E-state index in [-0.39, 0.29) is 12.6 Å². The van der Waals surface area contributed by atoms with E-state index in [4.69, 9.17) is 9.47 Å². The monoisotopic (exact) mass is 430 g/mol. The fraction of sp³-hybridized carbons (Fsp3) is 0.455. The minimum absolute atomic E-state index is 0.0651. The summed E-state index contributed by atoms with van der Waals surface area (Å²) in [6.07, 6.45) is 2.55. The summed E-state index contributed by atoms with van der Waals surface area (Å²) < 4.78 is 12.3. The summed E-state index contributed by atoms with van der Waals surface area (Å²) >= 11 is 0. The van der Waals surface area contributed by atoms with Crippen molar-refractivity contribution in [3.63, 3.8) is 0 Å². The summed E-state index contributed by atoms with van der Waals surface area (Å²) in [6.45, 7) is 7.68. The standard InChI is InChI=1S/C22H30N4O5/c1-5-6-13-30-18-9-7-17(8-10-18)22(29)23-14-20(27)31-16(4)21(28)25-19-11-12-24-26(19)15(2)3/h7-12,15-16H,5-6,13-14H2,1-4H3,(H,23,29)(H,25,28). The number of ether oxygens (including phenoxy) is 2. The quantitative estimate of drug-likeness (QED) is 0.419. The van der Waals surface area contributed by atoms with Gasteiger partial charge in [-0.2, -0.15) is 5.10 Å². The van der Waals surface area contributed by atoms with E-state index in [1.165, 1.54) is 6.92 Å². The summed E-state index contributed by atoms with van der Waals surface area (Å²) in [5.74, 6) is -0.426. The van der Waals surface area contributed by atoms with Crippen molar-refractivity contribution < 1.29 is 23.9 Å². The van der Waals surface area contributed by atoms with Crippen LogP contribution in [-0.2, 0) is 14.3 Å². The Bertz CT molecular complexity index is 876. The van der Waals surface area contributed by atoms with Crippen molar-refractivity contribution in [3.05, 3.63) is 42.1 Å². The van der Waals surface area contributed by atoms with Crippen LogP contribution in [0.25, 0.3) is 0 Å². The van der Waals surface area contributed by atoms with Gasteiger partial charge in [-0.25, -0.2) is 4.68 Å². The molecule has 31 heavy (non-hydrogen) atoms. The molecule has 0 fully saturated rings. The van der Waals surface area contributed by atoms with Gasteiger partial charge in [-0.1, -0.05) is 13.3 Å². The topological polar surface area (TPSA) is 112 Å². The maximum Gasteiger partial charge on any atom is 0.326 e. The molecule has 0 bridgehead atoms. The molecule has 2 aromatic rings. The molecule has 1 aromatic heterocycles. The van der Waals surface area contributed by atoms with Crippen molar-refractivity contribution in [1.82, 2.24) is 15.1 Å². The number of hydrogen-bond acceptors (Lipinski definition) is 6. The number of rotatable bonds is 11. The molecule has 0 spiro atoms. The van der Waals surface area contributed by atoms with Crippen LogP contribution in [0, 0.1) is 0 Å². The van der Waals surface area contributed by atoms with Gasteiger partial charge in [0.2, 0.25) is 0 Å². The number of esters is 1. The lowest BCUT2D eigenvalue weighted by molar-refractivity contribution is -0.152. The number of carbonyl (C=O) groups is 3. The molecule has 0 aliphatic rings. The Balaban J connectivity index is 1.78. The molecule has 1 aromatic carbocycles. The van der Waals surface area contributed by atoms with Crippen molar-refractivity contribution in [2.75, 3.05) is 18.5 Å². The second-order valence-corrected chi connectivity index (χ2v) is 7.29. The van der Waals surface area contributed by atoms with Crippen molar-refractivity contribution in [1.29, 1.82) is 0 Å². The maximum absolute atomic E-state index is 12.3. The van der Waals surface area contributed by atoms with Gasteiger partial charge in [-0.15, -0.1) is 0 Å². The smallest absolute Gasteiger partial charge is 0.326 e. The fourth-order valence-corrected chi connectivity index (χ4v) is 2.64. The van der Waals surface area contributed by atoms with Crippen molar-refractivity contribution in [2.45, 2.75) is 52.7 Å². The average Bonchev–Trinajstić information content (AvgIpc) is 3.21. The van der Waals surface area contributed by atoms with Crippen molar-refractivity contribution >= 4 is 23.6 Å². The third kappa shape index (κ3) is 7.44. The molecule has 1 unspecified atom stereocenters. The Hall–Kier alpha value is -3.36. The van der Waals surface area contributed by atoms with E-state index in [9.17, 15) is 14.4 Å². The van der Waals surface area contributed by atoms with Crippen LogP contribution in [0.5, 0.6) is 5.75 Å². The number of nitrogens with zero attached hydrogens (tertiary/aromatic N) is 2. The van der Waals surface area contributed by atoms with Gasteiger partial charge in [0.05, 0.1) is 12.8 Å². The van der Waals surface area contributed by atoms with Gasteiger partial charge in [0.15, 0.2) is 6.10 Å². The lowest BCUT2D eigenvalue weighted by Gasteiger charge is -2.16. The number of benzene rings is 1. The van der Waals surface area contributed by atoms with Gasteiger partial charge in [-0.3, -0.25) is 14.4 Å². The van der Waals surface area contributed by atoms with Crippen LogP contribution < -0.4 is 15.4 Å². The summed E-state index contributed by atoms with van der Waals surface area (Å²) in [6, 6.07) is 8.38. The molecule has 1 atom stereocenters. The normalized spacial score (nSPS) is 11.6. The zero-order valence-electron chi connectivity index (χ0n) is 18.4. The molecule has 0 aliphatic heterocycles. The van der Waals surface area contributed by atoms with Crippen LogP contribution in [0.4, 0.5) is 5.82 Å². The second-order valence-electron chi connectivity index (χ2n) is 7.29. The summed E-state index contributed by atoms with van der Waals surface area (Å²) in [5.41, 5.74) is 0.392. The lowest BCUT2D eigenvalue weighted by Crippen LogP contribution is -2.36. The van der Waals surface area contributed by atoms with Crippen LogP contribution in [-0.4, -0.2) is 46.8 Å². The first kappa shape index (κ1) is 23.9. The number of nitrogens with one attached hydrogen (secondary N) is 2. The fourth-order valence-electron chi connectivity index (χ4n) is 2.64. The molecular formula is C22H30N4O5. The number of carbonyl (C=O) groups excluding carboxylic acids is 3. The van der Waals surface area contributed by atoms with E-state index >= 15 is 0 Å². The number of unbranched alkanes of at least 4 members (excludes halogenated alkanes) is 1. The van der Waals surface area contributed by atoms with Crippen LogP contribution >= 0.6 is 0 Å². The molecule has 2 N–H and O–H groups in total. The molecule has 1 heterocycles. The second kappa shape index (κ2) is 11.7. The molecule has 9 nitrogen and oxygen atoms in total. The Kier molecular flexibility index (Phi) is 9.05. The first-order valence-electron chi connectivity index (χ1n) is 10.4. The highest BCUT2D eigenvalue weighted by molar-refractivity contribution is 5.97. The molecule has 2 amide bonds. The number of amides is 2. The molecule has 2 rings (SSSR count). The first-order chi connectivity index (χ1) is 14.8. The van der Waals surface area contributed by atoms with Gasteiger partial charge in [0.25, 0.3) is 11.8 Å². The molecule has 0 saturated carbocycles. The van der Waals surface area contributed by atoms with Gasteiger partial charge < -0.3 is 20.1 Å². The Morgan fingerprint density at radius 1 is 1.10 bits per heavy atom. The minimum atomic E-state index is -1.03. The predicted octanol–water partition coefficient (Wildman–Crippen LogP) is 2.94. The Labute approximate surface area is 182 Å². The maximum atomic E-state index is 12.3. The first-order valence-corrected chi connectivity index (χ1v) is 10.4. The molecule has 168 valence electrons. The van der Waals surface area contributed by atoms with Crippen LogP contribution in [0.2, 0.25) is 0 Å². The van der Waals surface area contributed by atoms with E-state index in [0.717, 1.165) is 12.8 Å². The van der Waals surface area contributed by atoms with Crippen molar-refractivity contribution in [2.24, 2.45) is 0 Å². The van der Waals surface area contributed by atoms with Crippen LogP contribution in [0.1, 0.15) is 56.9 Å². The zero-order valence-corrected chi connectivity index (χ0v) is 18.4. The highest BCUT2D eigenvalue weighted by Crippen LogP contribution is 2.14. The third-order valence-electron chi connectivity index (χ3n) is 4.36. The van der Waals surface area contributed by atoms with E-state index in [1.54, 1.807) is 41.2 Å². The molecule has 0 saturated heterocycles. The lowest BCUT2D eigenvalue weighted by atomic mass is 10.2. The highest BCUT2D eigenvalue weighted by atomic mass is 16.5. The average molecular weight is 431 g/mol. The molecule has 0 aliphatic carbocycles. The third-order valence-corrected chi connectivity index (χ3v) is 4.36. The molecule has 9 heteroatoms. The predicted molar refractivity (Wildman–Crippen MR) is 116 cm³/mol. The highest BCUT2D eigenvalue weighted by Gasteiger charge is 2.20. The minimum Gasteiger partial charge on any atom is -0.494 e. The van der Waals surface area contributed by atoms with Gasteiger partial charge in [-0.05, 0) is 51.5 Å². The van der Waals surface area contributed by atoms with E-state index in [0.29, 0.717) is 23.7 Å². The summed E-state index contributed by atoms with van der Waals surface area (Å²) in [5, 5.41) is 9.29. The summed E-state index contributed by atoms with van der Waals surface area (Å²) in [4.78, 5) is 36.5. The SMILES string of the molecule is CCCCOc1ccc(C(=O)NCC(=O)OC(C)C(=O)Nc2ccnn2C(C)C)cc1. The van der Waals surface area contributed by atoms with Gasteiger partial charge in [0.1, 0.15) is 18.1 Å². The summed E-state index contributed by atoms with van der Waals surface area (Å²) in [7, 11) is 0. The van der Waals surface area contributed by atoms with E-state index < -0.39 is 23.9 Å². The largest absolute Gasteiger partial charge is 0.494 e. The van der Waals surface area contributed by atoms with Crippen LogP contribution in [0.15, 0.2) is 36.5 Å². The molecule has 0 radical (unpaired) electrons. The zero-order chi connectivity index (χ0) is 22.8. The molecular weight excluding hydrogens is 400 g/mol. The van der Waals surface area contributed by atoms with E-state index in [2.05, 4.69) is 22.7 Å².